The molecule has 0 atom stereocenters. The van der Waals surface area contributed by atoms with Crippen LogP contribution in [0.2, 0.25) is 0 Å². The first-order chi connectivity index (χ1) is 15.6. The Hall–Kier alpha value is -3.71. The highest BCUT2D eigenvalue weighted by Gasteiger charge is 2.34. The molecule has 4 rings (SSSR count). The third-order valence-corrected chi connectivity index (χ3v) is 5.89. The average molecular weight is 447 g/mol. The monoisotopic (exact) mass is 446 g/mol. The minimum atomic E-state index is -0.481. The van der Waals surface area contributed by atoms with Crippen molar-refractivity contribution in [1.82, 2.24) is 5.43 Å². The van der Waals surface area contributed by atoms with Crippen LogP contribution >= 0.6 is 11.8 Å². The maximum absolute atomic E-state index is 12.9. The lowest BCUT2D eigenvalue weighted by Gasteiger charge is -2.14. The van der Waals surface area contributed by atoms with Gasteiger partial charge in [-0.05, 0) is 55.0 Å². The highest BCUT2D eigenvalue weighted by Crippen LogP contribution is 2.36. The lowest BCUT2D eigenvalue weighted by atomic mass is 10.1. The minimum absolute atomic E-state index is 0.0173. The Morgan fingerprint density at radius 1 is 1.03 bits per heavy atom. The van der Waals surface area contributed by atoms with Crippen molar-refractivity contribution in [3.8, 4) is 11.5 Å². The maximum atomic E-state index is 12.9. The van der Waals surface area contributed by atoms with E-state index in [1.54, 1.807) is 48.2 Å². The van der Waals surface area contributed by atoms with Gasteiger partial charge in [0.05, 0.1) is 12.3 Å². The molecule has 0 aromatic heterocycles. The van der Waals surface area contributed by atoms with E-state index in [4.69, 9.17) is 4.74 Å². The van der Waals surface area contributed by atoms with Crippen molar-refractivity contribution in [2.24, 2.45) is 0 Å². The van der Waals surface area contributed by atoms with Crippen LogP contribution in [0.3, 0.4) is 0 Å². The zero-order valence-corrected chi connectivity index (χ0v) is 18.3. The third-order valence-electron chi connectivity index (χ3n) is 4.83. The summed E-state index contributed by atoms with van der Waals surface area (Å²) in [5, 5.41) is 11.9. The molecule has 0 radical (unpaired) electrons. The maximum Gasteiger partial charge on any atom is 0.282 e. The Bertz CT molecular complexity index is 1160. The molecule has 1 aliphatic rings. The number of rotatable bonds is 7. The molecule has 0 unspecified atom stereocenters. The Morgan fingerprint density at radius 3 is 2.41 bits per heavy atom. The lowest BCUT2D eigenvalue weighted by molar-refractivity contribution is -0.117. The molecular formula is C25H22N2O4S. The van der Waals surface area contributed by atoms with Crippen LogP contribution in [0.4, 0.5) is 5.69 Å². The van der Waals surface area contributed by atoms with Gasteiger partial charge in [0.15, 0.2) is 11.5 Å². The molecule has 1 heterocycles. The number of benzene rings is 3. The normalized spacial score (nSPS) is 14.7. The fourth-order valence-electron chi connectivity index (χ4n) is 3.31. The fraction of sp³-hybridized carbons (Fsp3) is 0.120. The molecule has 0 spiro atoms. The van der Waals surface area contributed by atoms with E-state index < -0.39 is 11.8 Å². The minimum Gasteiger partial charge on any atom is -0.504 e. The summed E-state index contributed by atoms with van der Waals surface area (Å²) in [4.78, 5) is 26.5. The van der Waals surface area contributed by atoms with Gasteiger partial charge in [-0.25, -0.2) is 5.01 Å². The Kier molecular flexibility index (Phi) is 6.47. The van der Waals surface area contributed by atoms with E-state index in [0.29, 0.717) is 34.9 Å². The highest BCUT2D eigenvalue weighted by atomic mass is 32.2. The Balaban J connectivity index is 1.65. The van der Waals surface area contributed by atoms with E-state index in [1.165, 1.54) is 11.1 Å². The van der Waals surface area contributed by atoms with Crippen LogP contribution in [-0.2, 0) is 15.3 Å². The number of anilines is 1. The summed E-state index contributed by atoms with van der Waals surface area (Å²) in [7, 11) is 0. The molecule has 2 N–H and O–H groups in total. The molecule has 1 aliphatic heterocycles. The summed E-state index contributed by atoms with van der Waals surface area (Å²) < 4.78 is 5.59. The third kappa shape index (κ3) is 4.63. The Morgan fingerprint density at radius 2 is 1.72 bits per heavy atom. The van der Waals surface area contributed by atoms with E-state index in [1.807, 2.05) is 43.3 Å². The largest absolute Gasteiger partial charge is 0.504 e. The SMILES string of the molecule is CCOc1cc(C=C2C(=O)NN(c3ccccc3)C2=O)cc(CSc2ccccc2)c1O. The number of thioether (sulfide) groups is 1. The number of hydrogen-bond acceptors (Lipinski definition) is 5. The summed E-state index contributed by atoms with van der Waals surface area (Å²) in [6, 6.07) is 22.2. The number of carbonyl (C=O) groups is 2. The second-order valence-corrected chi connectivity index (χ2v) is 8.09. The van der Waals surface area contributed by atoms with Gasteiger partial charge in [0, 0.05) is 16.2 Å². The topological polar surface area (TPSA) is 78.9 Å². The van der Waals surface area contributed by atoms with Gasteiger partial charge in [0.25, 0.3) is 11.8 Å². The number of hydrazine groups is 1. The van der Waals surface area contributed by atoms with Crippen molar-refractivity contribution in [1.29, 1.82) is 0 Å². The van der Waals surface area contributed by atoms with Gasteiger partial charge >= 0.3 is 0 Å². The number of ether oxygens (including phenoxy) is 1. The number of phenols is 1. The second-order valence-electron chi connectivity index (χ2n) is 7.04. The van der Waals surface area contributed by atoms with Crippen molar-refractivity contribution in [3.05, 3.63) is 89.5 Å². The number of nitrogens with zero attached hydrogens (tertiary/aromatic N) is 1. The van der Waals surface area contributed by atoms with Crippen molar-refractivity contribution >= 4 is 35.3 Å². The zero-order valence-electron chi connectivity index (χ0n) is 17.4. The first-order valence-corrected chi connectivity index (χ1v) is 11.1. The molecule has 2 amide bonds. The molecule has 32 heavy (non-hydrogen) atoms. The first-order valence-electron chi connectivity index (χ1n) is 10.2. The standard InChI is InChI=1S/C25H22N2O4S/c1-2-31-22-15-17(13-18(23(22)28)16-32-20-11-7-4-8-12-20)14-21-24(29)26-27(25(21)30)19-9-5-3-6-10-19/h3-15,28H,2,16H2,1H3,(H,26,29). The fourth-order valence-corrected chi connectivity index (χ4v) is 4.20. The molecule has 6 nitrogen and oxygen atoms in total. The number of amides is 2. The van der Waals surface area contributed by atoms with Crippen molar-refractivity contribution in [2.45, 2.75) is 17.6 Å². The quantitative estimate of drug-likeness (QED) is 0.316. The number of nitrogens with one attached hydrogen (secondary N) is 1. The molecule has 0 bridgehead atoms. The molecular weight excluding hydrogens is 424 g/mol. The number of hydrogen-bond donors (Lipinski definition) is 2. The number of carbonyl (C=O) groups excluding carboxylic acids is 2. The van der Waals surface area contributed by atoms with E-state index in [-0.39, 0.29) is 11.3 Å². The van der Waals surface area contributed by atoms with Crippen LogP contribution in [0.5, 0.6) is 11.5 Å². The van der Waals surface area contributed by atoms with E-state index in [2.05, 4.69) is 5.43 Å². The average Bonchev–Trinajstić information content (AvgIpc) is 3.10. The summed E-state index contributed by atoms with van der Waals surface area (Å²) in [6.45, 7) is 2.20. The van der Waals surface area contributed by atoms with Crippen molar-refractivity contribution in [3.63, 3.8) is 0 Å². The van der Waals surface area contributed by atoms with Gasteiger partial charge in [-0.15, -0.1) is 11.8 Å². The van der Waals surface area contributed by atoms with Crippen LogP contribution in [-0.4, -0.2) is 23.5 Å². The van der Waals surface area contributed by atoms with E-state index in [0.717, 1.165) is 4.90 Å². The van der Waals surface area contributed by atoms with Crippen LogP contribution in [0.25, 0.3) is 6.08 Å². The molecule has 3 aromatic carbocycles. The van der Waals surface area contributed by atoms with E-state index in [9.17, 15) is 14.7 Å². The number of phenolic OH excluding ortho intramolecular Hbond substituents is 1. The van der Waals surface area contributed by atoms with Gasteiger partial charge < -0.3 is 9.84 Å². The smallest absolute Gasteiger partial charge is 0.282 e. The Labute approximate surface area is 190 Å². The van der Waals surface area contributed by atoms with E-state index >= 15 is 0 Å². The molecule has 7 heteroatoms. The van der Waals surface area contributed by atoms with Crippen LogP contribution in [0.1, 0.15) is 18.1 Å². The van der Waals surface area contributed by atoms with Gasteiger partial charge in [-0.3, -0.25) is 15.0 Å². The predicted molar refractivity (Wildman–Crippen MR) is 125 cm³/mol. The number of para-hydroxylation sites is 1. The predicted octanol–water partition coefficient (Wildman–Crippen LogP) is 4.54. The van der Waals surface area contributed by atoms with Gasteiger partial charge in [-0.1, -0.05) is 36.4 Å². The summed E-state index contributed by atoms with van der Waals surface area (Å²) in [5.74, 6) is -0.0391. The molecule has 162 valence electrons. The van der Waals surface area contributed by atoms with Crippen LogP contribution in [0, 0.1) is 0 Å². The molecule has 0 saturated carbocycles. The highest BCUT2D eigenvalue weighted by molar-refractivity contribution is 7.98. The van der Waals surface area contributed by atoms with Crippen LogP contribution < -0.4 is 15.2 Å². The van der Waals surface area contributed by atoms with Crippen LogP contribution in [0.15, 0.2) is 83.3 Å². The van der Waals surface area contributed by atoms with Gasteiger partial charge in [-0.2, -0.15) is 0 Å². The molecule has 3 aromatic rings. The van der Waals surface area contributed by atoms with Gasteiger partial charge in [0.1, 0.15) is 5.57 Å². The lowest BCUT2D eigenvalue weighted by Crippen LogP contribution is -2.35. The zero-order chi connectivity index (χ0) is 22.5. The molecule has 0 aliphatic carbocycles. The molecule has 1 saturated heterocycles. The second kappa shape index (κ2) is 9.62. The van der Waals surface area contributed by atoms with Crippen molar-refractivity contribution < 1.29 is 19.4 Å². The summed E-state index contributed by atoms with van der Waals surface area (Å²) in [5.41, 5.74) is 4.45. The van der Waals surface area contributed by atoms with Crippen molar-refractivity contribution in [2.75, 3.05) is 11.6 Å². The summed E-state index contributed by atoms with van der Waals surface area (Å²) in [6.07, 6.45) is 1.53. The summed E-state index contributed by atoms with van der Waals surface area (Å²) >= 11 is 1.57. The molecule has 1 fully saturated rings. The first kappa shape index (κ1) is 21.5. The number of aromatic hydroxyl groups is 1. The van der Waals surface area contributed by atoms with Gasteiger partial charge in [0.2, 0.25) is 0 Å².